The number of aromatic nitrogens is 3. The Balaban J connectivity index is 1.56. The predicted octanol–water partition coefficient (Wildman–Crippen LogP) is 1.61. The minimum atomic E-state index is -0.515. The maximum absolute atomic E-state index is 11.6. The number of fused-ring (bicyclic) bond motifs is 1. The van der Waals surface area contributed by atoms with Crippen LogP contribution in [0.4, 0.5) is 11.5 Å². The van der Waals surface area contributed by atoms with Crippen LogP contribution >= 0.6 is 0 Å². The summed E-state index contributed by atoms with van der Waals surface area (Å²) >= 11 is 0. The van der Waals surface area contributed by atoms with Crippen LogP contribution in [0.5, 0.6) is 0 Å². The molecule has 0 spiro atoms. The van der Waals surface area contributed by atoms with E-state index < -0.39 is 5.91 Å². The van der Waals surface area contributed by atoms with Crippen molar-refractivity contribution in [3.05, 3.63) is 48.4 Å². The average molecular weight is 366 g/mol. The number of pyridine rings is 2. The molecule has 3 N–H and O–H groups in total. The molecule has 3 aromatic heterocycles. The molecule has 1 amide bonds. The highest BCUT2D eigenvalue weighted by Crippen LogP contribution is 2.26. The lowest BCUT2D eigenvalue weighted by Gasteiger charge is -2.26. The Kier molecular flexibility index (Phi) is 4.99. The first-order chi connectivity index (χ1) is 13.2. The van der Waals surface area contributed by atoms with E-state index >= 15 is 0 Å². The third-order valence-corrected chi connectivity index (χ3v) is 4.75. The number of primary amides is 1. The average Bonchev–Trinajstić information content (AvgIpc) is 3.12. The van der Waals surface area contributed by atoms with E-state index in [-0.39, 0.29) is 0 Å². The highest BCUT2D eigenvalue weighted by Gasteiger charge is 2.14. The molecule has 0 aliphatic carbocycles. The number of nitrogens with one attached hydrogen (secondary N) is 1. The number of nitrogens with two attached hydrogens (primary N) is 1. The topological polar surface area (TPSA) is 98.3 Å². The van der Waals surface area contributed by atoms with Gasteiger partial charge in [0.1, 0.15) is 11.5 Å². The van der Waals surface area contributed by atoms with E-state index in [1.807, 2.05) is 18.3 Å². The first kappa shape index (κ1) is 17.4. The van der Waals surface area contributed by atoms with Crippen molar-refractivity contribution in [1.82, 2.24) is 19.4 Å². The molecule has 0 atom stereocenters. The summed E-state index contributed by atoms with van der Waals surface area (Å²) in [5.41, 5.74) is 7.53. The Morgan fingerprint density at radius 2 is 2.00 bits per heavy atom. The van der Waals surface area contributed by atoms with Crippen molar-refractivity contribution in [3.63, 3.8) is 0 Å². The Hall–Kier alpha value is -2.97. The van der Waals surface area contributed by atoms with Crippen molar-refractivity contribution in [2.75, 3.05) is 38.2 Å². The number of carbonyl (C=O) groups is 1. The van der Waals surface area contributed by atoms with E-state index in [4.69, 9.17) is 10.5 Å². The second-order valence-electron chi connectivity index (χ2n) is 6.45. The zero-order valence-electron chi connectivity index (χ0n) is 15.0. The minimum absolute atomic E-state index is 0.356. The van der Waals surface area contributed by atoms with Crippen molar-refractivity contribution < 1.29 is 9.53 Å². The van der Waals surface area contributed by atoms with Crippen molar-refractivity contribution in [3.8, 4) is 0 Å². The SMILES string of the molecule is NC(=O)c1cccnc1Nc1ccnc2c1ccn2CCN1CCOCC1. The molecule has 1 saturated heterocycles. The fourth-order valence-electron chi connectivity index (χ4n) is 3.29. The number of ether oxygens (including phenoxy) is 1. The lowest BCUT2D eigenvalue weighted by atomic mass is 10.2. The van der Waals surface area contributed by atoms with E-state index in [1.54, 1.807) is 24.5 Å². The molecular weight excluding hydrogens is 344 g/mol. The summed E-state index contributed by atoms with van der Waals surface area (Å²) in [5.74, 6) is -0.0717. The fourth-order valence-corrected chi connectivity index (χ4v) is 3.29. The van der Waals surface area contributed by atoms with Crippen LogP contribution in [0.3, 0.4) is 0 Å². The molecule has 3 aromatic rings. The number of hydrogen-bond donors (Lipinski definition) is 2. The summed E-state index contributed by atoms with van der Waals surface area (Å²) in [6.45, 7) is 5.34. The molecule has 27 heavy (non-hydrogen) atoms. The first-order valence-electron chi connectivity index (χ1n) is 8.98. The molecule has 1 fully saturated rings. The second-order valence-corrected chi connectivity index (χ2v) is 6.45. The first-order valence-corrected chi connectivity index (χ1v) is 8.98. The maximum atomic E-state index is 11.6. The summed E-state index contributed by atoms with van der Waals surface area (Å²) in [5, 5.41) is 4.20. The van der Waals surface area contributed by atoms with E-state index in [9.17, 15) is 4.79 Å². The van der Waals surface area contributed by atoms with Gasteiger partial charge in [-0.15, -0.1) is 0 Å². The molecule has 4 heterocycles. The van der Waals surface area contributed by atoms with Crippen molar-refractivity contribution in [1.29, 1.82) is 0 Å². The number of amides is 1. The molecule has 8 heteroatoms. The lowest BCUT2D eigenvalue weighted by molar-refractivity contribution is 0.0365. The smallest absolute Gasteiger partial charge is 0.252 e. The molecule has 0 bridgehead atoms. The van der Waals surface area contributed by atoms with E-state index in [2.05, 4.69) is 24.8 Å². The van der Waals surface area contributed by atoms with Gasteiger partial charge in [-0.2, -0.15) is 0 Å². The summed E-state index contributed by atoms with van der Waals surface area (Å²) < 4.78 is 7.54. The Morgan fingerprint density at radius 3 is 2.81 bits per heavy atom. The third kappa shape index (κ3) is 3.76. The van der Waals surface area contributed by atoms with Gasteiger partial charge in [0.25, 0.3) is 5.91 Å². The molecule has 140 valence electrons. The molecule has 0 unspecified atom stereocenters. The third-order valence-electron chi connectivity index (χ3n) is 4.75. The molecule has 0 radical (unpaired) electrons. The zero-order valence-corrected chi connectivity index (χ0v) is 15.0. The summed E-state index contributed by atoms with van der Waals surface area (Å²) in [4.78, 5) is 22.8. The highest BCUT2D eigenvalue weighted by molar-refractivity contribution is 5.99. The van der Waals surface area contributed by atoms with Gasteiger partial charge in [-0.25, -0.2) is 9.97 Å². The number of anilines is 2. The number of nitrogens with zero attached hydrogens (tertiary/aromatic N) is 4. The van der Waals surface area contributed by atoms with Gasteiger partial charge in [0.15, 0.2) is 0 Å². The van der Waals surface area contributed by atoms with Crippen LogP contribution in [-0.4, -0.2) is 58.2 Å². The van der Waals surface area contributed by atoms with Gasteiger partial charge in [0.05, 0.1) is 24.5 Å². The lowest BCUT2D eigenvalue weighted by Crippen LogP contribution is -2.38. The van der Waals surface area contributed by atoms with Crippen LogP contribution in [0.2, 0.25) is 0 Å². The van der Waals surface area contributed by atoms with Gasteiger partial charge in [-0.3, -0.25) is 9.69 Å². The van der Waals surface area contributed by atoms with Crippen LogP contribution in [0.25, 0.3) is 11.0 Å². The molecular formula is C19H22N6O2. The van der Waals surface area contributed by atoms with E-state index in [0.717, 1.165) is 56.1 Å². The van der Waals surface area contributed by atoms with Gasteiger partial charge in [-0.05, 0) is 24.3 Å². The fraction of sp³-hybridized carbons (Fsp3) is 0.316. The molecule has 1 aliphatic heterocycles. The summed E-state index contributed by atoms with van der Waals surface area (Å²) in [7, 11) is 0. The van der Waals surface area contributed by atoms with Crippen LogP contribution < -0.4 is 11.1 Å². The van der Waals surface area contributed by atoms with Gasteiger partial charge in [-0.1, -0.05) is 0 Å². The molecule has 1 aliphatic rings. The molecule has 8 nitrogen and oxygen atoms in total. The quantitative estimate of drug-likeness (QED) is 0.688. The van der Waals surface area contributed by atoms with Crippen molar-refractivity contribution in [2.45, 2.75) is 6.54 Å². The van der Waals surface area contributed by atoms with Crippen LogP contribution in [0.1, 0.15) is 10.4 Å². The Bertz CT molecular complexity index is 948. The van der Waals surface area contributed by atoms with E-state index in [0.29, 0.717) is 11.4 Å². The predicted molar refractivity (Wildman–Crippen MR) is 103 cm³/mol. The number of morpholine rings is 1. The van der Waals surface area contributed by atoms with Gasteiger partial charge >= 0.3 is 0 Å². The van der Waals surface area contributed by atoms with E-state index in [1.165, 1.54) is 0 Å². The zero-order chi connectivity index (χ0) is 18.6. The van der Waals surface area contributed by atoms with Gasteiger partial charge < -0.3 is 20.4 Å². The number of carbonyl (C=O) groups excluding carboxylic acids is 1. The Morgan fingerprint density at radius 1 is 1.15 bits per heavy atom. The molecule has 0 saturated carbocycles. The maximum Gasteiger partial charge on any atom is 0.252 e. The van der Waals surface area contributed by atoms with Crippen molar-refractivity contribution in [2.24, 2.45) is 5.73 Å². The summed E-state index contributed by atoms with van der Waals surface area (Å²) in [6, 6.07) is 7.24. The van der Waals surface area contributed by atoms with Gasteiger partial charge in [0, 0.05) is 50.2 Å². The highest BCUT2D eigenvalue weighted by atomic mass is 16.5. The van der Waals surface area contributed by atoms with Crippen LogP contribution in [-0.2, 0) is 11.3 Å². The van der Waals surface area contributed by atoms with Crippen LogP contribution in [0.15, 0.2) is 42.9 Å². The standard InChI is InChI=1S/C19H22N6O2/c20-17(26)15-2-1-5-21-18(15)23-16-3-6-22-19-14(16)4-7-25(19)9-8-24-10-12-27-13-11-24/h1-7H,8-13H2,(H2,20,26)(H,21,22,23). The number of rotatable bonds is 6. The van der Waals surface area contributed by atoms with Crippen molar-refractivity contribution >= 4 is 28.4 Å². The van der Waals surface area contributed by atoms with Crippen LogP contribution in [0, 0.1) is 0 Å². The molecule has 0 aromatic carbocycles. The molecule has 4 rings (SSSR count). The minimum Gasteiger partial charge on any atom is -0.379 e. The van der Waals surface area contributed by atoms with Gasteiger partial charge in [0.2, 0.25) is 0 Å². The number of hydrogen-bond acceptors (Lipinski definition) is 6. The summed E-state index contributed by atoms with van der Waals surface area (Å²) in [6.07, 6.45) is 5.42. The largest absolute Gasteiger partial charge is 0.379 e. The normalized spacial score (nSPS) is 15.1. The second kappa shape index (κ2) is 7.73. The Labute approximate surface area is 157 Å². The monoisotopic (exact) mass is 366 g/mol.